The van der Waals surface area contributed by atoms with E-state index in [1.807, 2.05) is 55.5 Å². The number of nitrogens with one attached hydrogen (secondary N) is 1. The number of para-hydroxylation sites is 1. The van der Waals surface area contributed by atoms with Gasteiger partial charge in [0.2, 0.25) is 5.91 Å². The Morgan fingerprint density at radius 2 is 1.84 bits per heavy atom. The summed E-state index contributed by atoms with van der Waals surface area (Å²) in [4.78, 5) is 42.2. The zero-order valence-corrected chi connectivity index (χ0v) is 21.0. The molecule has 9 heteroatoms. The summed E-state index contributed by atoms with van der Waals surface area (Å²) in [5.74, 6) is 5.32. The first kappa shape index (κ1) is 27.4. The number of amides is 2. The number of rotatable bonds is 6. The minimum absolute atomic E-state index is 0.0162. The molecule has 0 aliphatic heterocycles. The smallest absolute Gasteiger partial charge is 0.271 e. The molecule has 0 unspecified atom stereocenters. The van der Waals surface area contributed by atoms with Crippen LogP contribution in [0.25, 0.3) is 16.5 Å². The van der Waals surface area contributed by atoms with Crippen LogP contribution in [0.1, 0.15) is 35.1 Å². The molecule has 0 aliphatic carbocycles. The maximum Gasteiger partial charge on any atom is 0.271 e. The second kappa shape index (κ2) is 13.2. The Bertz CT molecular complexity index is 1580. The summed E-state index contributed by atoms with van der Waals surface area (Å²) in [6.45, 7) is 5.90. The predicted molar refractivity (Wildman–Crippen MR) is 149 cm³/mol. The standard InChI is InChI=1S/C24H22N2O2.C5H6N4O/c1-3-20-17-19-13-10-12-18(11-8-9-16-25-22(27)4-2)23(19)24(28)26(20)21-14-6-5-7-15-21;6-4-3(5(7)10)8-1-2-9-4/h4-7,10,12-15,17H,2-3,9,16H2,1H3,(H,25,27);1-2H,(H2,6,9)(H2,7,10). The first-order valence-corrected chi connectivity index (χ1v) is 11.9. The molecule has 2 heterocycles. The van der Waals surface area contributed by atoms with E-state index in [1.165, 1.54) is 18.5 Å². The van der Waals surface area contributed by atoms with E-state index in [-0.39, 0.29) is 23.0 Å². The van der Waals surface area contributed by atoms with E-state index in [1.54, 1.807) is 4.57 Å². The summed E-state index contributed by atoms with van der Waals surface area (Å²) in [7, 11) is 0. The molecule has 0 spiro atoms. The summed E-state index contributed by atoms with van der Waals surface area (Å²) in [6.07, 6.45) is 5.22. The van der Waals surface area contributed by atoms with E-state index < -0.39 is 5.91 Å². The molecule has 0 saturated heterocycles. The van der Waals surface area contributed by atoms with Crippen molar-refractivity contribution in [1.29, 1.82) is 0 Å². The topological polar surface area (TPSA) is 146 Å². The molecule has 2 amide bonds. The van der Waals surface area contributed by atoms with Crippen molar-refractivity contribution in [3.05, 3.63) is 107 Å². The number of aromatic nitrogens is 3. The number of nitrogens with two attached hydrogens (primary N) is 2. The lowest BCUT2D eigenvalue weighted by molar-refractivity contribution is -0.116. The van der Waals surface area contributed by atoms with Crippen LogP contribution in [0.2, 0.25) is 0 Å². The van der Waals surface area contributed by atoms with Gasteiger partial charge in [-0.15, -0.1) is 0 Å². The fourth-order valence-corrected chi connectivity index (χ4v) is 3.66. The molecule has 0 radical (unpaired) electrons. The van der Waals surface area contributed by atoms with Crippen molar-refractivity contribution in [2.24, 2.45) is 5.73 Å². The summed E-state index contributed by atoms with van der Waals surface area (Å²) in [6, 6.07) is 17.4. The number of pyridine rings is 1. The first-order valence-electron chi connectivity index (χ1n) is 11.9. The lowest BCUT2D eigenvalue weighted by Crippen LogP contribution is -2.22. The third kappa shape index (κ3) is 6.71. The van der Waals surface area contributed by atoms with Gasteiger partial charge in [-0.05, 0) is 42.1 Å². The minimum Gasteiger partial charge on any atom is -0.382 e. The number of hydrogen-bond acceptors (Lipinski definition) is 6. The van der Waals surface area contributed by atoms with Gasteiger partial charge in [0.25, 0.3) is 11.5 Å². The highest BCUT2D eigenvalue weighted by atomic mass is 16.2. The molecule has 192 valence electrons. The van der Waals surface area contributed by atoms with Gasteiger partial charge in [0, 0.05) is 42.3 Å². The number of anilines is 1. The van der Waals surface area contributed by atoms with Gasteiger partial charge < -0.3 is 16.8 Å². The summed E-state index contributed by atoms with van der Waals surface area (Å²) >= 11 is 0. The number of fused-ring (bicyclic) bond motifs is 1. The summed E-state index contributed by atoms with van der Waals surface area (Å²) in [5, 5.41) is 4.19. The van der Waals surface area contributed by atoms with Crippen LogP contribution in [0, 0.1) is 11.8 Å². The van der Waals surface area contributed by atoms with E-state index in [0.29, 0.717) is 23.9 Å². The van der Waals surface area contributed by atoms with Crippen LogP contribution >= 0.6 is 0 Å². The third-order valence-corrected chi connectivity index (χ3v) is 5.42. The van der Waals surface area contributed by atoms with E-state index in [2.05, 4.69) is 39.8 Å². The third-order valence-electron chi connectivity index (χ3n) is 5.42. The number of nitrogens with zero attached hydrogens (tertiary/aromatic N) is 3. The summed E-state index contributed by atoms with van der Waals surface area (Å²) in [5.41, 5.74) is 12.6. The number of benzene rings is 2. The number of aryl methyl sites for hydroxylation is 1. The predicted octanol–water partition coefficient (Wildman–Crippen LogP) is 2.75. The molecule has 4 aromatic rings. The molecule has 0 aliphatic rings. The highest BCUT2D eigenvalue weighted by Crippen LogP contribution is 2.19. The number of primary amides is 1. The van der Waals surface area contributed by atoms with Crippen molar-refractivity contribution in [2.45, 2.75) is 19.8 Å². The monoisotopic (exact) mass is 508 g/mol. The molecule has 4 rings (SSSR count). The normalized spacial score (nSPS) is 9.92. The zero-order chi connectivity index (χ0) is 27.5. The van der Waals surface area contributed by atoms with Crippen LogP contribution in [0.4, 0.5) is 5.82 Å². The Morgan fingerprint density at radius 3 is 2.47 bits per heavy atom. The maximum absolute atomic E-state index is 13.4. The Hall–Kier alpha value is -5.23. The van der Waals surface area contributed by atoms with Gasteiger partial charge in [-0.2, -0.15) is 0 Å². The van der Waals surface area contributed by atoms with Gasteiger partial charge in [0.1, 0.15) is 0 Å². The van der Waals surface area contributed by atoms with Crippen molar-refractivity contribution in [3.63, 3.8) is 0 Å². The van der Waals surface area contributed by atoms with Gasteiger partial charge in [-0.3, -0.25) is 19.0 Å². The molecule has 0 atom stereocenters. The molecule has 9 nitrogen and oxygen atoms in total. The van der Waals surface area contributed by atoms with Gasteiger partial charge in [-0.25, -0.2) is 9.97 Å². The average molecular weight is 509 g/mol. The lowest BCUT2D eigenvalue weighted by atomic mass is 10.0. The van der Waals surface area contributed by atoms with E-state index >= 15 is 0 Å². The van der Waals surface area contributed by atoms with Crippen LogP contribution in [0.5, 0.6) is 0 Å². The van der Waals surface area contributed by atoms with Gasteiger partial charge in [0.05, 0.1) is 5.39 Å². The molecule has 2 aromatic heterocycles. The molecule has 0 fully saturated rings. The Kier molecular flexibility index (Phi) is 9.49. The van der Waals surface area contributed by atoms with E-state index in [4.69, 9.17) is 11.5 Å². The SMILES string of the molecule is C=CC(=O)NCCC#Cc1cccc2cc(CC)n(-c3ccccc3)c(=O)c12.NC(=O)c1nccnc1N. The molecule has 0 saturated carbocycles. The van der Waals surface area contributed by atoms with Crippen LogP contribution in [-0.4, -0.2) is 32.9 Å². The molecular formula is C29H28N6O3. The Labute approximate surface area is 220 Å². The molecule has 2 aromatic carbocycles. The Balaban J connectivity index is 0.000000336. The van der Waals surface area contributed by atoms with Crippen LogP contribution in [-0.2, 0) is 11.2 Å². The van der Waals surface area contributed by atoms with Crippen molar-refractivity contribution in [3.8, 4) is 17.5 Å². The highest BCUT2D eigenvalue weighted by Gasteiger charge is 2.12. The number of carbonyl (C=O) groups excluding carboxylic acids is 2. The van der Waals surface area contributed by atoms with Gasteiger partial charge in [-0.1, -0.05) is 55.7 Å². The maximum atomic E-state index is 13.4. The van der Waals surface area contributed by atoms with Crippen LogP contribution < -0.4 is 22.3 Å². The van der Waals surface area contributed by atoms with Gasteiger partial charge >= 0.3 is 0 Å². The quantitative estimate of drug-likeness (QED) is 0.207. The first-order chi connectivity index (χ1) is 18.4. The number of carbonyl (C=O) groups is 2. The number of hydrogen-bond donors (Lipinski definition) is 3. The van der Waals surface area contributed by atoms with Crippen molar-refractivity contribution < 1.29 is 9.59 Å². The van der Waals surface area contributed by atoms with E-state index in [9.17, 15) is 14.4 Å². The fraction of sp³-hybridized carbons (Fsp3) is 0.138. The average Bonchev–Trinajstić information content (AvgIpc) is 2.93. The zero-order valence-electron chi connectivity index (χ0n) is 21.0. The second-order valence-electron chi connectivity index (χ2n) is 7.94. The highest BCUT2D eigenvalue weighted by molar-refractivity contribution is 5.94. The van der Waals surface area contributed by atoms with Gasteiger partial charge in [0.15, 0.2) is 11.5 Å². The molecule has 0 bridgehead atoms. The largest absolute Gasteiger partial charge is 0.382 e. The molecule has 38 heavy (non-hydrogen) atoms. The minimum atomic E-state index is -0.661. The number of nitrogen functional groups attached to an aromatic ring is 1. The van der Waals surface area contributed by atoms with Crippen LogP contribution in [0.3, 0.4) is 0 Å². The van der Waals surface area contributed by atoms with E-state index in [0.717, 1.165) is 23.2 Å². The lowest BCUT2D eigenvalue weighted by Gasteiger charge is -2.14. The van der Waals surface area contributed by atoms with Crippen molar-refractivity contribution >= 4 is 28.4 Å². The van der Waals surface area contributed by atoms with Crippen LogP contribution in [0.15, 0.2) is 84.4 Å². The molecule has 5 N–H and O–H groups in total. The van der Waals surface area contributed by atoms with Crippen molar-refractivity contribution in [2.75, 3.05) is 12.3 Å². The Morgan fingerprint density at radius 1 is 1.11 bits per heavy atom. The summed E-state index contributed by atoms with van der Waals surface area (Å²) < 4.78 is 1.76. The van der Waals surface area contributed by atoms with Crippen molar-refractivity contribution in [1.82, 2.24) is 19.9 Å². The molecular weight excluding hydrogens is 480 g/mol. The second-order valence-corrected chi connectivity index (χ2v) is 7.94. The fourth-order valence-electron chi connectivity index (χ4n) is 3.66.